The van der Waals surface area contributed by atoms with Crippen molar-refractivity contribution in [1.82, 2.24) is 15.3 Å². The van der Waals surface area contributed by atoms with Crippen LogP contribution in [0.1, 0.15) is 46.0 Å². The first-order valence-corrected chi connectivity index (χ1v) is 11.9. The Hall–Kier alpha value is -4.01. The average molecular weight is 493 g/mol. The summed E-state index contributed by atoms with van der Waals surface area (Å²) in [7, 11) is 0. The van der Waals surface area contributed by atoms with E-state index in [1.807, 2.05) is 42.5 Å². The van der Waals surface area contributed by atoms with Gasteiger partial charge in [0.1, 0.15) is 18.2 Å². The molecule has 0 spiro atoms. The number of nitrogens with one attached hydrogen (secondary N) is 1. The van der Waals surface area contributed by atoms with Crippen molar-refractivity contribution in [2.75, 3.05) is 24.5 Å². The molecule has 0 unspecified atom stereocenters. The number of aromatic hydroxyl groups is 1. The monoisotopic (exact) mass is 492 g/mol. The molecule has 188 valence electrons. The van der Waals surface area contributed by atoms with Gasteiger partial charge in [-0.05, 0) is 48.9 Å². The topological polar surface area (TPSA) is 116 Å². The van der Waals surface area contributed by atoms with Crippen molar-refractivity contribution in [1.29, 1.82) is 0 Å². The lowest BCUT2D eigenvalue weighted by atomic mass is 9.92. The molecule has 1 saturated heterocycles. The van der Waals surface area contributed by atoms with Crippen molar-refractivity contribution in [2.24, 2.45) is 5.92 Å². The Morgan fingerprint density at radius 3 is 2.50 bits per heavy atom. The number of carboxylic acid groups (broad SMARTS) is 1. The normalized spacial score (nSPS) is 14.0. The molecule has 1 aliphatic heterocycles. The van der Waals surface area contributed by atoms with Crippen LogP contribution in [0.25, 0.3) is 0 Å². The number of anilines is 1. The fourth-order valence-corrected chi connectivity index (χ4v) is 4.46. The molecule has 36 heavy (non-hydrogen) atoms. The number of carbonyl (C=O) groups is 2. The lowest BCUT2D eigenvalue weighted by molar-refractivity contribution is -0.135. The summed E-state index contributed by atoms with van der Waals surface area (Å²) in [5.41, 5.74) is 2.64. The molecule has 2 aromatic carbocycles. The van der Waals surface area contributed by atoms with Gasteiger partial charge in [-0.1, -0.05) is 36.4 Å². The second-order valence-electron chi connectivity index (χ2n) is 9.07. The summed E-state index contributed by atoms with van der Waals surface area (Å²) in [5, 5.41) is 21.2. The molecule has 0 atom stereocenters. The SMILES string of the molecule is Cc1nc(CC2CCN(c3ccc(Cc4ccccc4)c(F)c3)CC2)nc(C(=O)NCC(=O)O)c1O. The molecule has 1 aliphatic rings. The number of hydrogen-bond acceptors (Lipinski definition) is 6. The van der Waals surface area contributed by atoms with Crippen molar-refractivity contribution in [2.45, 2.75) is 32.6 Å². The van der Waals surface area contributed by atoms with Gasteiger partial charge in [0.25, 0.3) is 5.91 Å². The molecule has 0 saturated carbocycles. The van der Waals surface area contributed by atoms with Gasteiger partial charge in [-0.3, -0.25) is 9.59 Å². The minimum atomic E-state index is -1.19. The molecule has 4 rings (SSSR count). The van der Waals surface area contributed by atoms with Crippen LogP contribution in [-0.2, 0) is 17.6 Å². The number of aryl methyl sites for hydroxylation is 1. The molecule has 1 fully saturated rings. The van der Waals surface area contributed by atoms with Crippen LogP contribution in [0.15, 0.2) is 48.5 Å². The lowest BCUT2D eigenvalue weighted by Crippen LogP contribution is -2.34. The predicted octanol–water partition coefficient (Wildman–Crippen LogP) is 3.49. The van der Waals surface area contributed by atoms with Crippen LogP contribution in [0, 0.1) is 18.7 Å². The summed E-state index contributed by atoms with van der Waals surface area (Å²) in [4.78, 5) is 33.7. The summed E-state index contributed by atoms with van der Waals surface area (Å²) in [5.74, 6) is -1.81. The molecular formula is C27H29FN4O4. The summed E-state index contributed by atoms with van der Waals surface area (Å²) >= 11 is 0. The van der Waals surface area contributed by atoms with Gasteiger partial charge < -0.3 is 20.4 Å². The van der Waals surface area contributed by atoms with E-state index in [2.05, 4.69) is 20.2 Å². The first kappa shape index (κ1) is 25.1. The number of amides is 1. The van der Waals surface area contributed by atoms with Crippen molar-refractivity contribution >= 4 is 17.6 Å². The molecule has 3 aromatic rings. The number of carboxylic acids is 1. The number of halogens is 1. The summed E-state index contributed by atoms with van der Waals surface area (Å²) in [6.45, 7) is 2.52. The third-order valence-corrected chi connectivity index (χ3v) is 6.44. The standard InChI is InChI=1S/C27H29FN4O4/c1-17-26(35)25(27(36)29-16-24(33)34)31-23(30-17)14-19-9-11-32(12-10-19)21-8-7-20(22(28)15-21)13-18-5-3-2-4-6-18/h2-8,15,19,35H,9-14,16H2,1H3,(H,29,36)(H,33,34). The van der Waals surface area contributed by atoms with Crippen molar-refractivity contribution in [3.8, 4) is 5.75 Å². The Morgan fingerprint density at radius 1 is 1.11 bits per heavy atom. The summed E-state index contributed by atoms with van der Waals surface area (Å²) in [6.07, 6.45) is 2.77. The van der Waals surface area contributed by atoms with Gasteiger partial charge in [-0.15, -0.1) is 0 Å². The van der Waals surface area contributed by atoms with Gasteiger partial charge in [-0.25, -0.2) is 14.4 Å². The fraction of sp³-hybridized carbons (Fsp3) is 0.333. The van der Waals surface area contributed by atoms with Crippen LogP contribution in [-0.4, -0.2) is 51.7 Å². The molecular weight excluding hydrogens is 463 g/mol. The average Bonchev–Trinajstić information content (AvgIpc) is 2.87. The van der Waals surface area contributed by atoms with E-state index in [0.29, 0.717) is 24.2 Å². The fourth-order valence-electron chi connectivity index (χ4n) is 4.46. The smallest absolute Gasteiger partial charge is 0.322 e. The van der Waals surface area contributed by atoms with E-state index < -0.39 is 18.4 Å². The predicted molar refractivity (Wildman–Crippen MR) is 133 cm³/mol. The maximum atomic E-state index is 14.8. The zero-order valence-electron chi connectivity index (χ0n) is 20.1. The Balaban J connectivity index is 1.36. The third-order valence-electron chi connectivity index (χ3n) is 6.44. The van der Waals surface area contributed by atoms with Gasteiger partial charge in [0.2, 0.25) is 0 Å². The Kier molecular flexibility index (Phi) is 7.77. The highest BCUT2D eigenvalue weighted by atomic mass is 19.1. The van der Waals surface area contributed by atoms with Gasteiger partial charge in [-0.2, -0.15) is 0 Å². The summed E-state index contributed by atoms with van der Waals surface area (Å²) in [6, 6.07) is 15.2. The third kappa shape index (κ3) is 6.16. The molecule has 1 aromatic heterocycles. The number of hydrogen-bond donors (Lipinski definition) is 3. The highest BCUT2D eigenvalue weighted by Crippen LogP contribution is 2.28. The van der Waals surface area contributed by atoms with E-state index in [4.69, 9.17) is 5.11 Å². The first-order chi connectivity index (χ1) is 17.3. The molecule has 0 bridgehead atoms. The van der Waals surface area contributed by atoms with Crippen LogP contribution in [0.5, 0.6) is 5.75 Å². The Labute approximate surface area is 208 Å². The largest absolute Gasteiger partial charge is 0.504 e. The van der Waals surface area contributed by atoms with Crippen LogP contribution in [0.4, 0.5) is 10.1 Å². The Bertz CT molecular complexity index is 1240. The van der Waals surface area contributed by atoms with Gasteiger partial charge >= 0.3 is 5.97 Å². The van der Waals surface area contributed by atoms with Gasteiger partial charge in [0.05, 0.1) is 5.69 Å². The molecule has 1 amide bonds. The van der Waals surface area contributed by atoms with Crippen molar-refractivity contribution in [3.63, 3.8) is 0 Å². The van der Waals surface area contributed by atoms with Gasteiger partial charge in [0.15, 0.2) is 11.4 Å². The second-order valence-corrected chi connectivity index (χ2v) is 9.07. The van der Waals surface area contributed by atoms with Gasteiger partial charge in [0, 0.05) is 31.6 Å². The highest BCUT2D eigenvalue weighted by molar-refractivity contribution is 5.96. The maximum Gasteiger partial charge on any atom is 0.322 e. The molecule has 3 N–H and O–H groups in total. The zero-order chi connectivity index (χ0) is 25.7. The van der Waals surface area contributed by atoms with E-state index in [0.717, 1.165) is 37.2 Å². The minimum absolute atomic E-state index is 0.208. The number of nitrogens with zero attached hydrogens (tertiary/aromatic N) is 3. The zero-order valence-corrected chi connectivity index (χ0v) is 20.1. The van der Waals surface area contributed by atoms with E-state index in [-0.39, 0.29) is 28.9 Å². The number of aliphatic carboxylic acids is 1. The molecule has 8 nitrogen and oxygen atoms in total. The Morgan fingerprint density at radius 2 is 1.83 bits per heavy atom. The second kappa shape index (κ2) is 11.2. The van der Waals surface area contributed by atoms with E-state index in [9.17, 15) is 19.1 Å². The van der Waals surface area contributed by atoms with Crippen molar-refractivity contribution in [3.05, 3.63) is 82.7 Å². The number of piperidine rings is 1. The van der Waals surface area contributed by atoms with Crippen LogP contribution in [0.3, 0.4) is 0 Å². The number of carbonyl (C=O) groups excluding carboxylic acids is 1. The molecule has 0 aliphatic carbocycles. The number of rotatable bonds is 8. The first-order valence-electron chi connectivity index (χ1n) is 11.9. The van der Waals surface area contributed by atoms with Crippen molar-refractivity contribution < 1.29 is 24.2 Å². The number of aromatic nitrogens is 2. The molecule has 9 heteroatoms. The maximum absolute atomic E-state index is 14.8. The quantitative estimate of drug-likeness (QED) is 0.441. The van der Waals surface area contributed by atoms with E-state index in [1.165, 1.54) is 0 Å². The number of benzene rings is 2. The minimum Gasteiger partial charge on any atom is -0.504 e. The molecule has 0 radical (unpaired) electrons. The molecule has 2 heterocycles. The van der Waals surface area contributed by atoms with Crippen LogP contribution >= 0.6 is 0 Å². The summed E-state index contributed by atoms with van der Waals surface area (Å²) < 4.78 is 14.8. The van der Waals surface area contributed by atoms with Crippen LogP contribution < -0.4 is 10.2 Å². The van der Waals surface area contributed by atoms with Crippen LogP contribution in [0.2, 0.25) is 0 Å². The lowest BCUT2D eigenvalue weighted by Gasteiger charge is -2.33. The van der Waals surface area contributed by atoms with E-state index in [1.54, 1.807) is 13.0 Å². The van der Waals surface area contributed by atoms with E-state index >= 15 is 0 Å². The highest BCUT2D eigenvalue weighted by Gasteiger charge is 2.24.